The first-order chi connectivity index (χ1) is 16.7. The smallest absolute Gasteiger partial charge is 0.344 e. The second-order valence-electron chi connectivity index (χ2n) is 8.91. The number of furan rings is 1. The molecular formula is C24H26N4O7. The molecule has 2 aromatic rings. The zero-order valence-corrected chi connectivity index (χ0v) is 19.4. The number of amides is 5. The first-order valence-corrected chi connectivity index (χ1v) is 11.3. The molecule has 5 amide bonds. The van der Waals surface area contributed by atoms with Crippen molar-refractivity contribution in [3.63, 3.8) is 0 Å². The van der Waals surface area contributed by atoms with Crippen LogP contribution in [0.5, 0.6) is 0 Å². The maximum atomic E-state index is 12.8. The normalized spacial score (nSPS) is 21.5. The summed E-state index contributed by atoms with van der Waals surface area (Å²) in [7, 11) is 0. The summed E-state index contributed by atoms with van der Waals surface area (Å²) in [5.41, 5.74) is 2.39. The minimum absolute atomic E-state index is 0.100. The van der Waals surface area contributed by atoms with Crippen LogP contribution in [0.25, 0.3) is 0 Å². The molecule has 4 rings (SSSR count). The number of nitrogens with one attached hydrogen (secondary N) is 3. The van der Waals surface area contributed by atoms with Crippen molar-refractivity contribution in [3.8, 4) is 0 Å². The van der Waals surface area contributed by atoms with Gasteiger partial charge in [0.05, 0.1) is 11.8 Å². The molecule has 2 heterocycles. The van der Waals surface area contributed by atoms with E-state index in [4.69, 9.17) is 9.15 Å². The largest absolute Gasteiger partial charge is 0.459 e. The van der Waals surface area contributed by atoms with E-state index in [2.05, 4.69) is 23.0 Å². The highest BCUT2D eigenvalue weighted by Crippen LogP contribution is 2.35. The lowest BCUT2D eigenvalue weighted by molar-refractivity contribution is -0.141. The van der Waals surface area contributed by atoms with Gasteiger partial charge in [0, 0.05) is 5.69 Å². The van der Waals surface area contributed by atoms with Crippen LogP contribution in [0.3, 0.4) is 0 Å². The van der Waals surface area contributed by atoms with Crippen molar-refractivity contribution in [2.75, 3.05) is 11.9 Å². The van der Waals surface area contributed by atoms with Crippen molar-refractivity contribution in [3.05, 3.63) is 53.5 Å². The van der Waals surface area contributed by atoms with Crippen LogP contribution in [0.15, 0.2) is 41.0 Å². The van der Waals surface area contributed by atoms with E-state index >= 15 is 0 Å². The molecule has 11 nitrogen and oxygen atoms in total. The van der Waals surface area contributed by atoms with Crippen LogP contribution in [0.2, 0.25) is 0 Å². The number of ether oxygens (including phenoxy) is 1. The molecule has 0 radical (unpaired) electrons. The number of urea groups is 1. The van der Waals surface area contributed by atoms with Crippen LogP contribution < -0.4 is 16.1 Å². The molecule has 1 spiro atoms. The maximum absolute atomic E-state index is 12.8. The highest BCUT2D eigenvalue weighted by molar-refractivity contribution is 6.08. The Bertz CT molecular complexity index is 1170. The van der Waals surface area contributed by atoms with Crippen molar-refractivity contribution >= 4 is 35.4 Å². The molecule has 1 aromatic heterocycles. The van der Waals surface area contributed by atoms with Crippen molar-refractivity contribution in [2.24, 2.45) is 5.92 Å². The highest BCUT2D eigenvalue weighted by atomic mass is 16.5. The molecule has 0 bridgehead atoms. The standard InChI is InChI=1S/C24H26N4O7/c1-14-7-9-24(10-8-14)22(32)28(23(33)26-24)27-19(29)13-35-21(31)16-6-5-15(2)17(12-16)25-20(30)18-4-3-11-34-18/h3-6,11-12,14H,7-10,13H2,1-2H3,(H,25,30)(H,26,33)(H,27,29). The molecule has 184 valence electrons. The van der Waals surface area contributed by atoms with E-state index in [1.165, 1.54) is 24.5 Å². The summed E-state index contributed by atoms with van der Waals surface area (Å²) in [6.45, 7) is 3.13. The van der Waals surface area contributed by atoms with Gasteiger partial charge in [0.2, 0.25) is 0 Å². The van der Waals surface area contributed by atoms with Gasteiger partial charge >= 0.3 is 12.0 Å². The van der Waals surface area contributed by atoms with Gasteiger partial charge in [0.25, 0.3) is 17.7 Å². The third-order valence-electron chi connectivity index (χ3n) is 6.33. The third-order valence-corrected chi connectivity index (χ3v) is 6.33. The number of aryl methyl sites for hydroxylation is 1. The Hall–Kier alpha value is -4.15. The van der Waals surface area contributed by atoms with Gasteiger partial charge < -0.3 is 19.8 Å². The second kappa shape index (κ2) is 9.61. The van der Waals surface area contributed by atoms with E-state index in [0.29, 0.717) is 35.0 Å². The summed E-state index contributed by atoms with van der Waals surface area (Å²) in [6, 6.07) is 6.90. The van der Waals surface area contributed by atoms with Crippen LogP contribution in [0.1, 0.15) is 59.1 Å². The SMILES string of the molecule is Cc1ccc(C(=O)OCC(=O)NN2C(=O)NC3(CCC(C)CC3)C2=O)cc1NC(=O)c1ccco1. The van der Waals surface area contributed by atoms with Gasteiger partial charge in [-0.05, 0) is 68.4 Å². The molecule has 3 N–H and O–H groups in total. The number of anilines is 1. The molecule has 11 heteroatoms. The Morgan fingerprint density at radius 1 is 1.20 bits per heavy atom. The van der Waals surface area contributed by atoms with Gasteiger partial charge in [-0.2, -0.15) is 5.01 Å². The van der Waals surface area contributed by atoms with Gasteiger partial charge in [-0.1, -0.05) is 13.0 Å². The monoisotopic (exact) mass is 482 g/mol. The van der Waals surface area contributed by atoms with Crippen LogP contribution in [0.4, 0.5) is 10.5 Å². The van der Waals surface area contributed by atoms with E-state index in [1.54, 1.807) is 19.1 Å². The number of imide groups is 1. The van der Waals surface area contributed by atoms with E-state index in [9.17, 15) is 24.0 Å². The second-order valence-corrected chi connectivity index (χ2v) is 8.91. The molecule has 35 heavy (non-hydrogen) atoms. The fourth-order valence-electron chi connectivity index (χ4n) is 4.16. The fraction of sp³-hybridized carbons (Fsp3) is 0.375. The third kappa shape index (κ3) is 5.03. The zero-order chi connectivity index (χ0) is 25.2. The molecule has 1 aromatic carbocycles. The quantitative estimate of drug-likeness (QED) is 0.423. The summed E-state index contributed by atoms with van der Waals surface area (Å²) in [4.78, 5) is 62.1. The van der Waals surface area contributed by atoms with Crippen molar-refractivity contribution in [2.45, 2.75) is 45.1 Å². The molecule has 0 unspecified atom stereocenters. The Kier molecular flexibility index (Phi) is 6.59. The van der Waals surface area contributed by atoms with Gasteiger partial charge in [0.1, 0.15) is 5.54 Å². The van der Waals surface area contributed by atoms with E-state index in [0.717, 1.165) is 12.8 Å². The predicted molar refractivity (Wildman–Crippen MR) is 122 cm³/mol. The van der Waals surface area contributed by atoms with Crippen molar-refractivity contribution in [1.29, 1.82) is 0 Å². The highest BCUT2D eigenvalue weighted by Gasteiger charge is 2.52. The molecular weight excluding hydrogens is 456 g/mol. The summed E-state index contributed by atoms with van der Waals surface area (Å²) >= 11 is 0. The van der Waals surface area contributed by atoms with Crippen LogP contribution in [-0.4, -0.2) is 46.9 Å². The van der Waals surface area contributed by atoms with Gasteiger partial charge in [-0.25, -0.2) is 9.59 Å². The number of carbonyl (C=O) groups is 5. The van der Waals surface area contributed by atoms with Crippen molar-refractivity contribution in [1.82, 2.24) is 15.8 Å². The lowest BCUT2D eigenvalue weighted by Crippen LogP contribution is -2.52. The molecule has 1 aliphatic carbocycles. The Labute approximate surface area is 201 Å². The minimum Gasteiger partial charge on any atom is -0.459 e. The average Bonchev–Trinajstić information content (AvgIpc) is 3.45. The van der Waals surface area contributed by atoms with Crippen LogP contribution in [0, 0.1) is 12.8 Å². The summed E-state index contributed by atoms with van der Waals surface area (Å²) < 4.78 is 10.1. The molecule has 1 aliphatic heterocycles. The number of benzene rings is 1. The zero-order valence-electron chi connectivity index (χ0n) is 19.4. The predicted octanol–water partition coefficient (Wildman–Crippen LogP) is 2.53. The van der Waals surface area contributed by atoms with Crippen molar-refractivity contribution < 1.29 is 33.1 Å². The van der Waals surface area contributed by atoms with E-state index in [1.807, 2.05) is 0 Å². The first-order valence-electron chi connectivity index (χ1n) is 11.3. The Balaban J connectivity index is 1.33. The first kappa shape index (κ1) is 24.0. The lowest BCUT2D eigenvalue weighted by Gasteiger charge is -2.33. The van der Waals surface area contributed by atoms with Crippen LogP contribution >= 0.6 is 0 Å². The van der Waals surface area contributed by atoms with E-state index < -0.39 is 41.9 Å². The molecule has 1 saturated heterocycles. The fourth-order valence-corrected chi connectivity index (χ4v) is 4.16. The molecule has 2 fully saturated rings. The molecule has 0 atom stereocenters. The maximum Gasteiger partial charge on any atom is 0.344 e. The topological polar surface area (TPSA) is 147 Å². The number of rotatable bonds is 6. The summed E-state index contributed by atoms with van der Waals surface area (Å²) in [5.74, 6) is -2.07. The van der Waals surface area contributed by atoms with Gasteiger partial charge in [0.15, 0.2) is 12.4 Å². The number of carbonyl (C=O) groups excluding carboxylic acids is 5. The van der Waals surface area contributed by atoms with Crippen LogP contribution in [-0.2, 0) is 14.3 Å². The number of esters is 1. The molecule has 2 aliphatic rings. The van der Waals surface area contributed by atoms with Gasteiger partial charge in [-0.3, -0.25) is 19.8 Å². The molecule has 1 saturated carbocycles. The van der Waals surface area contributed by atoms with E-state index in [-0.39, 0.29) is 11.3 Å². The number of hydrazine groups is 1. The average molecular weight is 482 g/mol. The minimum atomic E-state index is -0.994. The lowest BCUT2D eigenvalue weighted by atomic mass is 9.77. The number of nitrogens with zero attached hydrogens (tertiary/aromatic N) is 1. The Morgan fingerprint density at radius 3 is 2.63 bits per heavy atom. The van der Waals surface area contributed by atoms with Gasteiger partial charge in [-0.15, -0.1) is 0 Å². The summed E-state index contributed by atoms with van der Waals surface area (Å²) in [5, 5.41) is 6.00. The number of hydrogen-bond acceptors (Lipinski definition) is 7. The number of hydrogen-bond donors (Lipinski definition) is 3. The Morgan fingerprint density at radius 2 is 1.94 bits per heavy atom. The summed E-state index contributed by atoms with van der Waals surface area (Å²) in [6.07, 6.45) is 3.98.